The van der Waals surface area contributed by atoms with Crippen LogP contribution in [0.1, 0.15) is 25.1 Å². The maximum atomic E-state index is 11.6. The molecule has 0 saturated carbocycles. The van der Waals surface area contributed by atoms with E-state index in [1.807, 2.05) is 12.1 Å². The highest BCUT2D eigenvalue weighted by atomic mass is 79.9. The molecule has 2 N–H and O–H groups in total. The van der Waals surface area contributed by atoms with Crippen LogP contribution in [-0.4, -0.2) is 22.5 Å². The lowest BCUT2D eigenvalue weighted by molar-refractivity contribution is -0.138. The number of carboxylic acids is 1. The molecule has 98 valence electrons. The van der Waals surface area contributed by atoms with E-state index >= 15 is 0 Å². The Morgan fingerprint density at radius 1 is 1.50 bits per heavy atom. The summed E-state index contributed by atoms with van der Waals surface area (Å²) in [6.45, 7) is 3.35. The second-order valence-electron chi connectivity index (χ2n) is 4.42. The van der Waals surface area contributed by atoms with Crippen LogP contribution in [0.2, 0.25) is 0 Å². The van der Waals surface area contributed by atoms with Gasteiger partial charge in [-0.15, -0.1) is 11.3 Å². The number of hydrogen-bond acceptors (Lipinski definition) is 3. The molecule has 0 aliphatic rings. The maximum Gasteiger partial charge on any atom is 0.305 e. The fraction of sp³-hybridized carbons (Fsp3) is 0.333. The molecule has 0 radical (unpaired) electrons. The molecule has 1 heterocycles. The smallest absolute Gasteiger partial charge is 0.305 e. The molecule has 0 aromatic carbocycles. The van der Waals surface area contributed by atoms with Crippen molar-refractivity contribution in [1.82, 2.24) is 5.32 Å². The first-order chi connectivity index (χ1) is 8.28. The Kier molecular flexibility index (Phi) is 5.10. The summed E-state index contributed by atoms with van der Waals surface area (Å²) in [6, 6.07) is 3.79. The third kappa shape index (κ3) is 5.46. The van der Waals surface area contributed by atoms with Crippen LogP contribution in [0.15, 0.2) is 22.0 Å². The van der Waals surface area contributed by atoms with E-state index in [9.17, 15) is 9.59 Å². The molecule has 1 amide bonds. The number of aliphatic carboxylic acids is 1. The predicted molar refractivity (Wildman–Crippen MR) is 75.5 cm³/mol. The van der Waals surface area contributed by atoms with Gasteiger partial charge in [0.25, 0.3) is 0 Å². The lowest BCUT2D eigenvalue weighted by Crippen LogP contribution is -2.44. The van der Waals surface area contributed by atoms with E-state index in [4.69, 9.17) is 5.11 Å². The van der Waals surface area contributed by atoms with Gasteiger partial charge in [0.2, 0.25) is 5.91 Å². The van der Waals surface area contributed by atoms with Gasteiger partial charge in [0.1, 0.15) is 0 Å². The summed E-state index contributed by atoms with van der Waals surface area (Å²) < 4.78 is 0.994. The van der Waals surface area contributed by atoms with Crippen molar-refractivity contribution in [3.8, 4) is 0 Å². The highest BCUT2D eigenvalue weighted by Crippen LogP contribution is 2.22. The van der Waals surface area contributed by atoms with Gasteiger partial charge in [0, 0.05) is 16.5 Å². The topological polar surface area (TPSA) is 66.4 Å². The highest BCUT2D eigenvalue weighted by Gasteiger charge is 2.22. The number of amides is 1. The third-order valence-corrected chi connectivity index (χ3v) is 3.64. The number of rotatable bonds is 5. The van der Waals surface area contributed by atoms with Crippen molar-refractivity contribution in [1.29, 1.82) is 0 Å². The van der Waals surface area contributed by atoms with Gasteiger partial charge < -0.3 is 10.4 Å². The monoisotopic (exact) mass is 331 g/mol. The van der Waals surface area contributed by atoms with E-state index in [-0.39, 0.29) is 12.3 Å². The van der Waals surface area contributed by atoms with Gasteiger partial charge >= 0.3 is 5.97 Å². The van der Waals surface area contributed by atoms with E-state index in [0.29, 0.717) is 0 Å². The van der Waals surface area contributed by atoms with Crippen molar-refractivity contribution in [2.45, 2.75) is 25.8 Å². The molecule has 0 saturated heterocycles. The van der Waals surface area contributed by atoms with Crippen molar-refractivity contribution in [3.63, 3.8) is 0 Å². The number of hydrogen-bond donors (Lipinski definition) is 2. The fourth-order valence-electron chi connectivity index (χ4n) is 1.37. The van der Waals surface area contributed by atoms with Gasteiger partial charge in [0.15, 0.2) is 0 Å². The molecule has 4 nitrogen and oxygen atoms in total. The lowest BCUT2D eigenvalue weighted by Gasteiger charge is -2.23. The fourth-order valence-corrected chi connectivity index (χ4v) is 2.70. The van der Waals surface area contributed by atoms with Crippen LogP contribution in [0.5, 0.6) is 0 Å². The zero-order valence-electron chi connectivity index (χ0n) is 10.1. The summed E-state index contributed by atoms with van der Waals surface area (Å²) >= 11 is 4.85. The average Bonchev–Trinajstić information content (AvgIpc) is 2.58. The van der Waals surface area contributed by atoms with Crippen molar-refractivity contribution in [2.75, 3.05) is 0 Å². The summed E-state index contributed by atoms with van der Waals surface area (Å²) in [5, 5.41) is 11.4. The SMILES string of the molecule is CC(C)(CC(=O)O)NC(=O)C=Cc1ccc(Br)s1. The van der Waals surface area contributed by atoms with Gasteiger partial charge in [-0.25, -0.2) is 0 Å². The largest absolute Gasteiger partial charge is 0.481 e. The molecule has 0 bridgehead atoms. The minimum atomic E-state index is -0.938. The number of thiophene rings is 1. The Balaban J connectivity index is 2.56. The maximum absolute atomic E-state index is 11.6. The van der Waals surface area contributed by atoms with Gasteiger partial charge in [-0.2, -0.15) is 0 Å². The van der Waals surface area contributed by atoms with E-state index < -0.39 is 11.5 Å². The van der Waals surface area contributed by atoms with Gasteiger partial charge in [0.05, 0.1) is 10.2 Å². The zero-order valence-corrected chi connectivity index (χ0v) is 12.5. The van der Waals surface area contributed by atoms with Crippen molar-refractivity contribution >= 4 is 45.2 Å². The molecule has 0 spiro atoms. The first-order valence-corrected chi connectivity index (χ1v) is 6.87. The second kappa shape index (κ2) is 6.15. The average molecular weight is 332 g/mol. The molecule has 1 aromatic heterocycles. The Bertz CT molecular complexity index is 479. The molecular formula is C12H14BrNO3S. The quantitative estimate of drug-likeness (QED) is 0.815. The van der Waals surface area contributed by atoms with Crippen LogP contribution in [0.25, 0.3) is 6.08 Å². The summed E-state index contributed by atoms with van der Waals surface area (Å²) in [5.74, 6) is -1.24. The standard InChI is InChI=1S/C12H14BrNO3S/c1-12(2,7-11(16)17)14-10(15)6-4-8-3-5-9(13)18-8/h3-6H,7H2,1-2H3,(H,14,15)(H,16,17). The van der Waals surface area contributed by atoms with Crippen LogP contribution < -0.4 is 5.32 Å². The molecule has 0 fully saturated rings. The lowest BCUT2D eigenvalue weighted by atomic mass is 10.0. The molecule has 0 aliphatic carbocycles. The van der Waals surface area contributed by atoms with E-state index in [0.717, 1.165) is 8.66 Å². The Hall–Kier alpha value is -1.14. The number of carboxylic acid groups (broad SMARTS) is 1. The summed E-state index contributed by atoms with van der Waals surface area (Å²) in [7, 11) is 0. The molecule has 6 heteroatoms. The molecule has 18 heavy (non-hydrogen) atoms. The Morgan fingerprint density at radius 2 is 2.17 bits per heavy atom. The molecular weight excluding hydrogens is 318 g/mol. The first kappa shape index (κ1) is 14.9. The van der Waals surface area contributed by atoms with E-state index in [1.54, 1.807) is 19.9 Å². The van der Waals surface area contributed by atoms with Crippen LogP contribution in [0, 0.1) is 0 Å². The van der Waals surface area contributed by atoms with Crippen LogP contribution >= 0.6 is 27.3 Å². The zero-order chi connectivity index (χ0) is 13.8. The van der Waals surface area contributed by atoms with E-state index in [1.165, 1.54) is 17.4 Å². The molecule has 1 rings (SSSR count). The van der Waals surface area contributed by atoms with Gasteiger partial charge in [-0.3, -0.25) is 9.59 Å². The highest BCUT2D eigenvalue weighted by molar-refractivity contribution is 9.11. The number of nitrogens with one attached hydrogen (secondary N) is 1. The first-order valence-electron chi connectivity index (χ1n) is 5.26. The summed E-state index contributed by atoms with van der Waals surface area (Å²) in [4.78, 5) is 23.2. The number of halogens is 1. The normalized spacial score (nSPS) is 11.7. The van der Waals surface area contributed by atoms with E-state index in [2.05, 4.69) is 21.2 Å². The van der Waals surface area contributed by atoms with Gasteiger partial charge in [-0.05, 0) is 48.0 Å². The Labute approximate surface area is 118 Å². The van der Waals surface area contributed by atoms with Crippen molar-refractivity contribution in [2.24, 2.45) is 0 Å². The van der Waals surface area contributed by atoms with Crippen LogP contribution in [-0.2, 0) is 9.59 Å². The molecule has 1 aromatic rings. The van der Waals surface area contributed by atoms with Crippen LogP contribution in [0.4, 0.5) is 0 Å². The van der Waals surface area contributed by atoms with Gasteiger partial charge in [-0.1, -0.05) is 0 Å². The minimum Gasteiger partial charge on any atom is -0.481 e. The third-order valence-electron chi connectivity index (χ3n) is 2.05. The Morgan fingerprint density at radius 3 is 2.67 bits per heavy atom. The van der Waals surface area contributed by atoms with Crippen molar-refractivity contribution in [3.05, 3.63) is 26.9 Å². The molecule has 0 unspecified atom stereocenters. The summed E-state index contributed by atoms with van der Waals surface area (Å²) in [5.41, 5.74) is -0.761. The predicted octanol–water partition coefficient (Wildman–Crippen LogP) is 2.89. The second-order valence-corrected chi connectivity index (χ2v) is 6.91. The molecule has 0 aliphatic heterocycles. The summed E-state index contributed by atoms with van der Waals surface area (Å²) in [6.07, 6.45) is 2.99. The number of carbonyl (C=O) groups excluding carboxylic acids is 1. The molecule has 0 atom stereocenters. The number of carbonyl (C=O) groups is 2. The minimum absolute atomic E-state index is 0.114. The van der Waals surface area contributed by atoms with Crippen molar-refractivity contribution < 1.29 is 14.7 Å². The van der Waals surface area contributed by atoms with Crippen LogP contribution in [0.3, 0.4) is 0 Å².